The standard InChI is InChI=1S/2C18H15P.C6H5.HI.Ni/c2*1-4-10-16(11-5-1)19(17-12-6-2-7-13-17)18-14-8-3-9-15-18;1-2-4-6-5-3-1;;/h2*1-15H;1-5H;1H;/q;;-1;;+2/p-1. The molecule has 0 N–H and O–H groups in total. The zero-order valence-corrected chi connectivity index (χ0v) is 30.2. The number of hydrogen-bond donors (Lipinski definition) is 0. The van der Waals surface area contributed by atoms with Crippen LogP contribution in [0.25, 0.3) is 0 Å². The Hall–Kier alpha value is -3.38. The molecule has 7 aromatic carbocycles. The minimum absolute atomic E-state index is 0. The molecule has 0 atom stereocenters. The largest absolute Gasteiger partial charge is 2.00 e. The Kier molecular flexibility index (Phi) is 17.3. The van der Waals surface area contributed by atoms with Crippen LogP contribution < -0.4 is 55.8 Å². The van der Waals surface area contributed by atoms with Crippen molar-refractivity contribution >= 4 is 47.7 Å². The first-order valence-electron chi connectivity index (χ1n) is 14.7. The maximum atomic E-state index is 2.89. The molecular weight excluding hydrogens is 752 g/mol. The van der Waals surface area contributed by atoms with Crippen LogP contribution in [-0.2, 0) is 16.5 Å². The minimum atomic E-state index is -0.446. The Balaban J connectivity index is 0.000000205. The van der Waals surface area contributed by atoms with Crippen molar-refractivity contribution in [2.45, 2.75) is 0 Å². The summed E-state index contributed by atoms with van der Waals surface area (Å²) in [6.07, 6.45) is 0. The van der Waals surface area contributed by atoms with Crippen molar-refractivity contribution < 1.29 is 40.5 Å². The molecule has 7 aromatic rings. The van der Waals surface area contributed by atoms with E-state index in [9.17, 15) is 0 Å². The van der Waals surface area contributed by atoms with Gasteiger partial charge in [0.15, 0.2) is 0 Å². The quantitative estimate of drug-likeness (QED) is 0.0921. The molecule has 0 spiro atoms. The molecule has 0 saturated carbocycles. The summed E-state index contributed by atoms with van der Waals surface area (Å²) in [5.41, 5.74) is 0. The Morgan fingerprint density at radius 2 is 0.435 bits per heavy atom. The second kappa shape index (κ2) is 21.4. The third-order valence-corrected chi connectivity index (χ3v) is 11.6. The molecule has 0 unspecified atom stereocenters. The van der Waals surface area contributed by atoms with Gasteiger partial charge >= 0.3 is 16.5 Å². The summed E-state index contributed by atoms with van der Waals surface area (Å²) in [5.74, 6) is 0. The third-order valence-electron chi connectivity index (χ3n) is 6.69. The Bertz CT molecular complexity index is 1390. The van der Waals surface area contributed by atoms with E-state index in [-0.39, 0.29) is 40.5 Å². The zero-order valence-electron chi connectivity index (χ0n) is 25.3. The molecule has 230 valence electrons. The van der Waals surface area contributed by atoms with Crippen LogP contribution in [0.3, 0.4) is 0 Å². The van der Waals surface area contributed by atoms with Crippen LogP contribution in [-0.4, -0.2) is 0 Å². The van der Waals surface area contributed by atoms with Gasteiger partial charge in [-0.1, -0.05) is 182 Å². The van der Waals surface area contributed by atoms with Gasteiger partial charge in [-0.05, 0) is 47.7 Å². The molecule has 7 rings (SSSR count). The van der Waals surface area contributed by atoms with E-state index >= 15 is 0 Å². The van der Waals surface area contributed by atoms with E-state index in [2.05, 4.69) is 188 Å². The van der Waals surface area contributed by atoms with Crippen LogP contribution >= 0.6 is 15.8 Å². The molecule has 0 nitrogen and oxygen atoms in total. The van der Waals surface area contributed by atoms with Crippen LogP contribution in [0.2, 0.25) is 0 Å². The SMILES string of the molecule is [I-].[Ni+2].[c-]1ccccc1.c1ccc(P(c2ccccc2)c2ccccc2)cc1.c1ccc(P(c2ccccc2)c2ccccc2)cc1. The molecule has 0 saturated heterocycles. The number of rotatable bonds is 6. The summed E-state index contributed by atoms with van der Waals surface area (Å²) in [5, 5.41) is 8.39. The van der Waals surface area contributed by atoms with Gasteiger partial charge in [-0.15, -0.1) is 0 Å². The van der Waals surface area contributed by atoms with Gasteiger partial charge in [-0.3, -0.25) is 0 Å². The monoisotopic (exact) mass is 786 g/mol. The molecular formula is C42H35INiP2. The van der Waals surface area contributed by atoms with Crippen molar-refractivity contribution in [3.8, 4) is 0 Å². The number of hydrogen-bond acceptors (Lipinski definition) is 0. The Morgan fingerprint density at radius 3 is 0.565 bits per heavy atom. The fraction of sp³-hybridized carbons (Fsp3) is 0. The molecule has 0 aliphatic rings. The van der Waals surface area contributed by atoms with Gasteiger partial charge in [0.1, 0.15) is 0 Å². The van der Waals surface area contributed by atoms with Gasteiger partial charge in [0.25, 0.3) is 0 Å². The number of benzene rings is 7. The van der Waals surface area contributed by atoms with Crippen LogP contribution in [0, 0.1) is 6.07 Å². The first-order valence-corrected chi connectivity index (χ1v) is 17.4. The average molecular weight is 787 g/mol. The van der Waals surface area contributed by atoms with Gasteiger partial charge in [-0.25, -0.2) is 0 Å². The molecule has 0 amide bonds. The summed E-state index contributed by atoms with van der Waals surface area (Å²) in [6, 6.07) is 77.2. The molecule has 0 radical (unpaired) electrons. The summed E-state index contributed by atoms with van der Waals surface area (Å²) >= 11 is 0. The molecule has 0 aliphatic heterocycles. The van der Waals surface area contributed by atoms with Gasteiger partial charge in [-0.2, -0.15) is 36.4 Å². The van der Waals surface area contributed by atoms with Crippen LogP contribution in [0.15, 0.2) is 212 Å². The van der Waals surface area contributed by atoms with Crippen molar-refractivity contribution in [2.75, 3.05) is 0 Å². The Morgan fingerprint density at radius 1 is 0.261 bits per heavy atom. The normalized spacial score (nSPS) is 9.78. The maximum absolute atomic E-state index is 2.89. The van der Waals surface area contributed by atoms with E-state index in [1.54, 1.807) is 0 Å². The molecule has 0 aliphatic carbocycles. The molecule has 0 aromatic heterocycles. The summed E-state index contributed by atoms with van der Waals surface area (Å²) in [6.45, 7) is 0. The first-order chi connectivity index (χ1) is 21.9. The van der Waals surface area contributed by atoms with E-state index in [4.69, 9.17) is 0 Å². The first kappa shape index (κ1) is 37.1. The summed E-state index contributed by atoms with van der Waals surface area (Å²) in [7, 11) is -0.892. The molecule has 0 bridgehead atoms. The topological polar surface area (TPSA) is 0 Å². The van der Waals surface area contributed by atoms with E-state index in [0.29, 0.717) is 0 Å². The smallest absolute Gasteiger partial charge is 1.00 e. The van der Waals surface area contributed by atoms with E-state index in [1.165, 1.54) is 31.8 Å². The third kappa shape index (κ3) is 11.5. The van der Waals surface area contributed by atoms with E-state index in [1.807, 2.05) is 30.3 Å². The maximum Gasteiger partial charge on any atom is 2.00 e. The predicted molar refractivity (Wildman–Crippen MR) is 196 cm³/mol. The summed E-state index contributed by atoms with van der Waals surface area (Å²) in [4.78, 5) is 0. The van der Waals surface area contributed by atoms with Gasteiger partial charge in [0, 0.05) is 0 Å². The zero-order chi connectivity index (χ0) is 30.1. The molecule has 0 fully saturated rings. The fourth-order valence-corrected chi connectivity index (χ4v) is 9.31. The van der Waals surface area contributed by atoms with Crippen molar-refractivity contribution in [1.82, 2.24) is 0 Å². The van der Waals surface area contributed by atoms with Crippen LogP contribution in [0.5, 0.6) is 0 Å². The van der Waals surface area contributed by atoms with Crippen LogP contribution in [0.4, 0.5) is 0 Å². The van der Waals surface area contributed by atoms with Gasteiger partial charge < -0.3 is 24.0 Å². The van der Waals surface area contributed by atoms with Crippen molar-refractivity contribution in [3.05, 3.63) is 218 Å². The predicted octanol–water partition coefficient (Wildman–Crippen LogP) is 5.38. The second-order valence-electron chi connectivity index (χ2n) is 9.76. The van der Waals surface area contributed by atoms with Crippen LogP contribution in [0.1, 0.15) is 0 Å². The molecule has 4 heteroatoms. The molecule has 0 heterocycles. The molecule has 46 heavy (non-hydrogen) atoms. The van der Waals surface area contributed by atoms with Gasteiger partial charge in [0.2, 0.25) is 0 Å². The fourth-order valence-electron chi connectivity index (χ4n) is 4.70. The second-order valence-corrected chi connectivity index (χ2v) is 14.2. The van der Waals surface area contributed by atoms with Crippen molar-refractivity contribution in [2.24, 2.45) is 0 Å². The van der Waals surface area contributed by atoms with Crippen molar-refractivity contribution in [1.29, 1.82) is 0 Å². The van der Waals surface area contributed by atoms with Gasteiger partial charge in [0.05, 0.1) is 0 Å². The van der Waals surface area contributed by atoms with Crippen molar-refractivity contribution in [3.63, 3.8) is 0 Å². The van der Waals surface area contributed by atoms with E-state index in [0.717, 1.165) is 0 Å². The van der Waals surface area contributed by atoms with E-state index < -0.39 is 15.8 Å². The minimum Gasteiger partial charge on any atom is -1.00 e. The number of halogens is 1. The Labute approximate surface area is 304 Å². The average Bonchev–Trinajstić information content (AvgIpc) is 3.13. The summed E-state index contributed by atoms with van der Waals surface area (Å²) < 4.78 is 0.